The van der Waals surface area contributed by atoms with Crippen molar-refractivity contribution in [1.29, 1.82) is 0 Å². The molecule has 3 rings (SSSR count). The lowest BCUT2D eigenvalue weighted by atomic mass is 10.3. The molecule has 146 valence electrons. The number of benzene rings is 1. The third kappa shape index (κ3) is 5.78. The number of aryl methyl sites for hydroxylation is 1. The van der Waals surface area contributed by atoms with E-state index in [1.54, 1.807) is 13.0 Å². The van der Waals surface area contributed by atoms with E-state index in [0.29, 0.717) is 23.1 Å². The molecular formula is C19H23N7OS. The number of nitrogens with one attached hydrogen (secondary N) is 1. The van der Waals surface area contributed by atoms with Crippen molar-refractivity contribution in [3.05, 3.63) is 41.9 Å². The zero-order valence-corrected chi connectivity index (χ0v) is 16.7. The molecule has 1 aromatic heterocycles. The number of hydrogen-bond donors (Lipinski definition) is 3. The number of aromatic nitrogens is 3. The van der Waals surface area contributed by atoms with Gasteiger partial charge in [0.25, 0.3) is 5.95 Å². The van der Waals surface area contributed by atoms with Crippen molar-refractivity contribution >= 4 is 35.1 Å². The van der Waals surface area contributed by atoms with Gasteiger partial charge in [0.1, 0.15) is 11.7 Å². The maximum absolute atomic E-state index is 11.8. The Hall–Kier alpha value is -2.94. The lowest BCUT2D eigenvalue weighted by Gasteiger charge is -2.06. The molecule has 5 N–H and O–H groups in total. The molecule has 1 aliphatic rings. The van der Waals surface area contributed by atoms with Crippen LogP contribution in [0.25, 0.3) is 0 Å². The minimum absolute atomic E-state index is 0.0901. The van der Waals surface area contributed by atoms with E-state index in [0.717, 1.165) is 23.4 Å². The number of allylic oxidation sites excluding steroid dienone is 1. The quantitative estimate of drug-likeness (QED) is 0.483. The standard InChI is InChI=1S/C19H23N7OS/c1-3-16-24-18(23-15(21)10-11(2)20)26-19(25-16)28-14-8-6-13(7-9-14)22-17(27)12-4-5-12/h6-10,12H,3-5,20H2,1-2H3,(H,22,27)(H2,21,23,24,25,26)/b11-10-. The highest BCUT2D eigenvalue weighted by Gasteiger charge is 2.29. The molecule has 1 saturated carbocycles. The van der Waals surface area contributed by atoms with Crippen LogP contribution in [0.4, 0.5) is 11.6 Å². The summed E-state index contributed by atoms with van der Waals surface area (Å²) >= 11 is 1.39. The lowest BCUT2D eigenvalue weighted by molar-refractivity contribution is -0.117. The van der Waals surface area contributed by atoms with Crippen LogP contribution in [0.1, 0.15) is 32.5 Å². The Kier molecular flexibility index (Phi) is 6.25. The highest BCUT2D eigenvalue weighted by molar-refractivity contribution is 7.99. The molecule has 0 aliphatic heterocycles. The number of rotatable bonds is 7. The van der Waals surface area contributed by atoms with Crippen LogP contribution < -0.4 is 16.8 Å². The Morgan fingerprint density at radius 3 is 2.57 bits per heavy atom. The molecule has 1 amide bonds. The van der Waals surface area contributed by atoms with Crippen molar-refractivity contribution in [2.75, 3.05) is 5.32 Å². The summed E-state index contributed by atoms with van der Waals surface area (Å²) in [5.41, 5.74) is 12.8. The lowest BCUT2D eigenvalue weighted by Crippen LogP contribution is -2.12. The highest BCUT2D eigenvalue weighted by atomic mass is 32.2. The van der Waals surface area contributed by atoms with Crippen molar-refractivity contribution in [2.24, 2.45) is 22.4 Å². The molecule has 1 aromatic carbocycles. The maximum Gasteiger partial charge on any atom is 0.255 e. The number of nitrogens with two attached hydrogens (primary N) is 2. The van der Waals surface area contributed by atoms with Crippen molar-refractivity contribution in [3.63, 3.8) is 0 Å². The van der Waals surface area contributed by atoms with E-state index < -0.39 is 0 Å². The summed E-state index contributed by atoms with van der Waals surface area (Å²) in [6.45, 7) is 3.69. The minimum atomic E-state index is 0.0901. The first kappa shape index (κ1) is 19.8. The Bertz CT molecular complexity index is 916. The van der Waals surface area contributed by atoms with Crippen LogP contribution in [-0.2, 0) is 11.2 Å². The fourth-order valence-corrected chi connectivity index (χ4v) is 3.08. The van der Waals surface area contributed by atoms with Gasteiger partial charge in [-0.3, -0.25) is 4.79 Å². The number of nitrogens with zero attached hydrogens (tertiary/aromatic N) is 4. The van der Waals surface area contributed by atoms with Gasteiger partial charge >= 0.3 is 0 Å². The van der Waals surface area contributed by atoms with Crippen molar-refractivity contribution in [3.8, 4) is 0 Å². The Labute approximate surface area is 168 Å². The third-order valence-electron chi connectivity index (χ3n) is 3.85. The smallest absolute Gasteiger partial charge is 0.255 e. The molecule has 0 saturated heterocycles. The van der Waals surface area contributed by atoms with Crippen LogP contribution in [0.2, 0.25) is 0 Å². The molecule has 0 bridgehead atoms. The second-order valence-electron chi connectivity index (χ2n) is 6.50. The van der Waals surface area contributed by atoms with E-state index in [-0.39, 0.29) is 23.6 Å². The molecule has 0 atom stereocenters. The summed E-state index contributed by atoms with van der Waals surface area (Å²) in [4.78, 5) is 30.1. The Balaban J connectivity index is 1.74. The molecule has 1 fully saturated rings. The van der Waals surface area contributed by atoms with Gasteiger partial charge in [-0.2, -0.15) is 15.0 Å². The van der Waals surface area contributed by atoms with Gasteiger partial charge in [-0.15, -0.1) is 0 Å². The second-order valence-corrected chi connectivity index (χ2v) is 7.54. The molecule has 28 heavy (non-hydrogen) atoms. The molecule has 1 aliphatic carbocycles. The largest absolute Gasteiger partial charge is 0.402 e. The Morgan fingerprint density at radius 2 is 1.96 bits per heavy atom. The number of anilines is 1. The summed E-state index contributed by atoms with van der Waals surface area (Å²) in [7, 11) is 0. The van der Waals surface area contributed by atoms with Gasteiger partial charge in [0, 0.05) is 28.6 Å². The Morgan fingerprint density at radius 1 is 1.25 bits per heavy atom. The molecular weight excluding hydrogens is 374 g/mol. The molecule has 1 heterocycles. The summed E-state index contributed by atoms with van der Waals surface area (Å²) in [6, 6.07) is 7.58. The van der Waals surface area contributed by atoms with E-state index in [2.05, 4.69) is 25.3 Å². The van der Waals surface area contributed by atoms with Gasteiger partial charge in [0.05, 0.1) is 0 Å². The van der Waals surface area contributed by atoms with E-state index in [4.69, 9.17) is 11.5 Å². The summed E-state index contributed by atoms with van der Waals surface area (Å²) in [5.74, 6) is 1.38. The minimum Gasteiger partial charge on any atom is -0.402 e. The van der Waals surface area contributed by atoms with Gasteiger partial charge in [-0.25, -0.2) is 4.98 Å². The zero-order valence-electron chi connectivity index (χ0n) is 15.8. The van der Waals surface area contributed by atoms with E-state index in [1.807, 2.05) is 31.2 Å². The van der Waals surface area contributed by atoms with E-state index in [9.17, 15) is 4.79 Å². The number of amides is 1. The highest BCUT2D eigenvalue weighted by Crippen LogP contribution is 2.31. The maximum atomic E-state index is 11.8. The fraction of sp³-hybridized carbons (Fsp3) is 0.316. The van der Waals surface area contributed by atoms with Crippen LogP contribution in [0.5, 0.6) is 0 Å². The van der Waals surface area contributed by atoms with E-state index >= 15 is 0 Å². The van der Waals surface area contributed by atoms with Gasteiger partial charge < -0.3 is 16.8 Å². The van der Waals surface area contributed by atoms with Crippen molar-refractivity contribution in [1.82, 2.24) is 15.0 Å². The second kappa shape index (κ2) is 8.83. The molecule has 0 radical (unpaired) electrons. The van der Waals surface area contributed by atoms with Crippen LogP contribution in [-0.4, -0.2) is 26.7 Å². The summed E-state index contributed by atoms with van der Waals surface area (Å²) in [5, 5.41) is 3.45. The van der Waals surface area contributed by atoms with Crippen LogP contribution >= 0.6 is 11.8 Å². The normalized spacial score (nSPS) is 14.8. The average molecular weight is 398 g/mol. The summed E-state index contributed by atoms with van der Waals surface area (Å²) in [6.07, 6.45) is 4.16. The topological polar surface area (TPSA) is 132 Å². The number of carbonyl (C=O) groups is 1. The van der Waals surface area contributed by atoms with Crippen LogP contribution in [0.15, 0.2) is 51.1 Å². The van der Waals surface area contributed by atoms with Gasteiger partial charge in [0.2, 0.25) is 5.91 Å². The summed E-state index contributed by atoms with van der Waals surface area (Å²) < 4.78 is 0. The van der Waals surface area contributed by atoms with Gasteiger partial charge in [-0.05, 0) is 61.9 Å². The van der Waals surface area contributed by atoms with E-state index in [1.165, 1.54) is 11.8 Å². The third-order valence-corrected chi connectivity index (χ3v) is 4.72. The van der Waals surface area contributed by atoms with Crippen molar-refractivity contribution < 1.29 is 4.79 Å². The molecule has 8 nitrogen and oxygen atoms in total. The number of aliphatic imine (C=N–C) groups is 1. The molecule has 0 spiro atoms. The number of amidine groups is 1. The molecule has 9 heteroatoms. The first-order valence-corrected chi connectivity index (χ1v) is 9.86. The SMILES string of the molecule is CCc1nc(N=C(N)/C=C(/C)N)nc(Sc2ccc(NC(=O)C3CC3)cc2)n1. The number of carbonyl (C=O) groups excluding carboxylic acids is 1. The van der Waals surface area contributed by atoms with Crippen molar-refractivity contribution in [2.45, 2.75) is 43.2 Å². The average Bonchev–Trinajstić information content (AvgIpc) is 3.47. The zero-order chi connectivity index (χ0) is 20.1. The monoisotopic (exact) mass is 397 g/mol. The first-order valence-electron chi connectivity index (χ1n) is 9.04. The number of hydrogen-bond acceptors (Lipinski definition) is 7. The predicted molar refractivity (Wildman–Crippen MR) is 110 cm³/mol. The molecule has 0 unspecified atom stereocenters. The van der Waals surface area contributed by atoms with Gasteiger partial charge in [0.15, 0.2) is 5.16 Å². The van der Waals surface area contributed by atoms with Crippen LogP contribution in [0, 0.1) is 5.92 Å². The molecule has 2 aromatic rings. The predicted octanol–water partition coefficient (Wildman–Crippen LogP) is 2.78. The fourth-order valence-electron chi connectivity index (χ4n) is 2.32. The first-order chi connectivity index (χ1) is 13.4. The van der Waals surface area contributed by atoms with Gasteiger partial charge in [-0.1, -0.05) is 6.92 Å². The van der Waals surface area contributed by atoms with Crippen LogP contribution in [0.3, 0.4) is 0 Å².